The summed E-state index contributed by atoms with van der Waals surface area (Å²) in [5, 5.41) is 16.9. The van der Waals surface area contributed by atoms with E-state index in [9.17, 15) is 9.90 Å². The summed E-state index contributed by atoms with van der Waals surface area (Å²) in [5.74, 6) is 0.285. The first-order valence-corrected chi connectivity index (χ1v) is 6.99. The Kier molecular flexibility index (Phi) is 4.58. The third-order valence-electron chi connectivity index (χ3n) is 3.89. The van der Waals surface area contributed by atoms with Gasteiger partial charge in [-0.15, -0.1) is 0 Å². The molecule has 0 aromatic carbocycles. The monoisotopic (exact) mass is 265 g/mol. The van der Waals surface area contributed by atoms with Gasteiger partial charge in [0.1, 0.15) is 0 Å². The van der Waals surface area contributed by atoms with Gasteiger partial charge >= 0.3 is 0 Å². The van der Waals surface area contributed by atoms with Gasteiger partial charge in [0.25, 0.3) is 0 Å². The molecule has 2 atom stereocenters. The van der Waals surface area contributed by atoms with Crippen LogP contribution in [0.1, 0.15) is 37.1 Å². The number of carbonyl (C=O) groups is 1. The molecule has 0 saturated heterocycles. The molecule has 0 spiro atoms. The molecule has 1 fully saturated rings. The van der Waals surface area contributed by atoms with Crippen LogP contribution in [0.4, 0.5) is 0 Å². The van der Waals surface area contributed by atoms with Crippen LogP contribution in [-0.4, -0.2) is 45.8 Å². The fourth-order valence-corrected chi connectivity index (χ4v) is 2.71. The lowest BCUT2D eigenvalue weighted by atomic mass is 9.86. The molecule has 1 saturated carbocycles. The predicted octanol–water partition coefficient (Wildman–Crippen LogP) is 1.27. The number of H-pyrrole nitrogens is 1. The minimum absolute atomic E-state index is 0.0595. The van der Waals surface area contributed by atoms with Crippen LogP contribution in [0.15, 0.2) is 6.07 Å². The van der Waals surface area contributed by atoms with Gasteiger partial charge in [-0.05, 0) is 25.8 Å². The number of aromatic nitrogens is 2. The Morgan fingerprint density at radius 2 is 2.26 bits per heavy atom. The molecule has 5 nitrogen and oxygen atoms in total. The van der Waals surface area contributed by atoms with Crippen molar-refractivity contribution in [2.75, 3.05) is 13.6 Å². The van der Waals surface area contributed by atoms with Crippen LogP contribution in [0.3, 0.4) is 0 Å². The van der Waals surface area contributed by atoms with Gasteiger partial charge in [0.15, 0.2) is 0 Å². The number of amides is 1. The summed E-state index contributed by atoms with van der Waals surface area (Å²) in [7, 11) is 1.81. The SMILES string of the molecule is Cc1cc(CC(=O)N(C)CC2CCCCC2O)n[nH]1. The Morgan fingerprint density at radius 3 is 2.89 bits per heavy atom. The molecule has 1 amide bonds. The topological polar surface area (TPSA) is 69.2 Å². The van der Waals surface area contributed by atoms with Crippen molar-refractivity contribution in [1.29, 1.82) is 0 Å². The second-order valence-corrected chi connectivity index (χ2v) is 5.61. The summed E-state index contributed by atoms with van der Waals surface area (Å²) in [4.78, 5) is 13.8. The van der Waals surface area contributed by atoms with Crippen LogP contribution in [0.25, 0.3) is 0 Å². The summed E-state index contributed by atoms with van der Waals surface area (Å²) in [5.41, 5.74) is 1.74. The van der Waals surface area contributed by atoms with Crippen LogP contribution in [0.2, 0.25) is 0 Å². The van der Waals surface area contributed by atoms with Crippen LogP contribution in [-0.2, 0) is 11.2 Å². The van der Waals surface area contributed by atoms with E-state index in [4.69, 9.17) is 0 Å². The molecule has 1 heterocycles. The fourth-order valence-electron chi connectivity index (χ4n) is 2.71. The van der Waals surface area contributed by atoms with Crippen molar-refractivity contribution in [1.82, 2.24) is 15.1 Å². The van der Waals surface area contributed by atoms with Crippen molar-refractivity contribution in [3.05, 3.63) is 17.5 Å². The number of aliphatic hydroxyl groups is 1. The summed E-state index contributed by atoms with van der Waals surface area (Å²) < 4.78 is 0. The average Bonchev–Trinajstić information content (AvgIpc) is 2.77. The van der Waals surface area contributed by atoms with Gasteiger partial charge in [0.05, 0.1) is 18.2 Å². The minimum atomic E-state index is -0.253. The number of hydrogen-bond donors (Lipinski definition) is 2. The Hall–Kier alpha value is -1.36. The third-order valence-corrected chi connectivity index (χ3v) is 3.89. The molecule has 0 bridgehead atoms. The molecule has 1 aliphatic carbocycles. The smallest absolute Gasteiger partial charge is 0.228 e. The first-order chi connectivity index (χ1) is 9.06. The Morgan fingerprint density at radius 1 is 1.53 bits per heavy atom. The minimum Gasteiger partial charge on any atom is -0.393 e. The largest absolute Gasteiger partial charge is 0.393 e. The van der Waals surface area contributed by atoms with Crippen molar-refractivity contribution in [3.63, 3.8) is 0 Å². The number of aromatic amines is 1. The maximum absolute atomic E-state index is 12.1. The normalized spacial score (nSPS) is 23.3. The number of nitrogens with one attached hydrogen (secondary N) is 1. The highest BCUT2D eigenvalue weighted by Gasteiger charge is 2.25. The number of aliphatic hydroxyl groups excluding tert-OH is 1. The molecule has 19 heavy (non-hydrogen) atoms. The third kappa shape index (κ3) is 3.80. The lowest BCUT2D eigenvalue weighted by Gasteiger charge is -2.31. The predicted molar refractivity (Wildman–Crippen MR) is 72.6 cm³/mol. The van der Waals surface area contributed by atoms with Gasteiger partial charge in [-0.3, -0.25) is 9.89 Å². The second-order valence-electron chi connectivity index (χ2n) is 5.61. The standard InChI is InChI=1S/C14H23N3O2/c1-10-7-12(16-15-10)8-14(19)17(2)9-11-5-3-4-6-13(11)18/h7,11,13,18H,3-6,8-9H2,1-2H3,(H,15,16). The summed E-state index contributed by atoms with van der Waals surface area (Å²) in [6.07, 6.45) is 4.20. The summed E-state index contributed by atoms with van der Waals surface area (Å²) in [6.45, 7) is 2.56. The van der Waals surface area contributed by atoms with E-state index in [1.165, 1.54) is 0 Å². The molecule has 0 aliphatic heterocycles. The first kappa shape index (κ1) is 14.1. The highest BCUT2D eigenvalue weighted by molar-refractivity contribution is 5.78. The van der Waals surface area contributed by atoms with E-state index < -0.39 is 0 Å². The van der Waals surface area contributed by atoms with Crippen molar-refractivity contribution >= 4 is 5.91 Å². The van der Waals surface area contributed by atoms with E-state index in [0.29, 0.717) is 13.0 Å². The van der Waals surface area contributed by atoms with Gasteiger partial charge in [-0.2, -0.15) is 5.10 Å². The molecule has 1 aromatic rings. The lowest BCUT2D eigenvalue weighted by molar-refractivity contribution is -0.130. The van der Waals surface area contributed by atoms with Crippen molar-refractivity contribution < 1.29 is 9.90 Å². The Balaban J connectivity index is 1.84. The Labute approximate surface area is 114 Å². The first-order valence-electron chi connectivity index (χ1n) is 6.99. The van der Waals surface area contributed by atoms with E-state index in [1.54, 1.807) is 4.90 Å². The number of aryl methyl sites for hydroxylation is 1. The zero-order valence-electron chi connectivity index (χ0n) is 11.7. The maximum atomic E-state index is 12.1. The fraction of sp³-hybridized carbons (Fsp3) is 0.714. The highest BCUT2D eigenvalue weighted by atomic mass is 16.3. The number of carbonyl (C=O) groups excluding carboxylic acids is 1. The summed E-state index contributed by atoms with van der Waals surface area (Å²) in [6, 6.07) is 1.89. The maximum Gasteiger partial charge on any atom is 0.228 e. The van der Waals surface area contributed by atoms with Crippen LogP contribution >= 0.6 is 0 Å². The van der Waals surface area contributed by atoms with E-state index in [0.717, 1.165) is 37.1 Å². The molecule has 5 heteroatoms. The van der Waals surface area contributed by atoms with Crippen molar-refractivity contribution in [2.45, 2.75) is 45.1 Å². The van der Waals surface area contributed by atoms with E-state index >= 15 is 0 Å². The average molecular weight is 265 g/mol. The van der Waals surface area contributed by atoms with Crippen LogP contribution < -0.4 is 0 Å². The molecule has 106 valence electrons. The van der Waals surface area contributed by atoms with Gasteiger partial charge in [0, 0.05) is 25.2 Å². The number of likely N-dealkylation sites (N-methyl/N-ethyl adjacent to an activating group) is 1. The molecule has 2 rings (SSSR count). The molecule has 1 aromatic heterocycles. The number of hydrogen-bond acceptors (Lipinski definition) is 3. The molecular formula is C14H23N3O2. The molecule has 0 radical (unpaired) electrons. The number of nitrogens with zero attached hydrogens (tertiary/aromatic N) is 2. The zero-order valence-corrected chi connectivity index (χ0v) is 11.7. The van der Waals surface area contributed by atoms with Crippen LogP contribution in [0.5, 0.6) is 0 Å². The Bertz CT molecular complexity index is 430. The van der Waals surface area contributed by atoms with Crippen molar-refractivity contribution in [2.24, 2.45) is 5.92 Å². The van der Waals surface area contributed by atoms with Gasteiger partial charge in [0.2, 0.25) is 5.91 Å². The zero-order chi connectivity index (χ0) is 13.8. The molecule has 2 unspecified atom stereocenters. The van der Waals surface area contributed by atoms with Crippen LogP contribution in [0, 0.1) is 12.8 Å². The van der Waals surface area contributed by atoms with E-state index in [2.05, 4.69) is 10.2 Å². The highest BCUT2D eigenvalue weighted by Crippen LogP contribution is 2.24. The molecule has 1 aliphatic rings. The summed E-state index contributed by atoms with van der Waals surface area (Å²) >= 11 is 0. The number of rotatable bonds is 4. The van der Waals surface area contributed by atoms with E-state index in [1.807, 2.05) is 20.0 Å². The second kappa shape index (κ2) is 6.19. The van der Waals surface area contributed by atoms with Crippen molar-refractivity contribution in [3.8, 4) is 0 Å². The lowest BCUT2D eigenvalue weighted by Crippen LogP contribution is -2.38. The van der Waals surface area contributed by atoms with Gasteiger partial charge in [-0.25, -0.2) is 0 Å². The van der Waals surface area contributed by atoms with Gasteiger partial charge < -0.3 is 10.0 Å². The molecular weight excluding hydrogens is 242 g/mol. The van der Waals surface area contributed by atoms with E-state index in [-0.39, 0.29) is 17.9 Å². The molecule has 2 N–H and O–H groups in total. The quantitative estimate of drug-likeness (QED) is 0.861. The van der Waals surface area contributed by atoms with Gasteiger partial charge in [-0.1, -0.05) is 12.8 Å².